The number of fused-ring (bicyclic) bond motifs is 11. The molecule has 0 atom stereocenters. The van der Waals surface area contributed by atoms with Crippen molar-refractivity contribution in [3.8, 4) is 78.5 Å². The van der Waals surface area contributed by atoms with Crippen LogP contribution in [-0.2, 0) is 10.8 Å². The molecule has 2 aliphatic rings. The second-order valence-electron chi connectivity index (χ2n) is 24.6. The number of aromatic nitrogens is 4. The molecule has 0 spiro atoms. The Hall–Kier alpha value is -9.58. The quantitative estimate of drug-likeness (QED) is 0.156. The molecule has 0 unspecified atom stereocenters. The number of para-hydroxylation sites is 1. The summed E-state index contributed by atoms with van der Waals surface area (Å²) in [4.78, 5) is 11.2. The normalized spacial score (nSPS) is 12.8. The fraction of sp³-hybridized carbons (Fsp3) is 0.105. The Morgan fingerprint density at radius 2 is 0.741 bits per heavy atom. The molecule has 5 heterocycles. The van der Waals surface area contributed by atoms with Crippen LogP contribution in [0.15, 0.2) is 237 Å². The van der Waals surface area contributed by atoms with E-state index in [-0.39, 0.29) is 17.5 Å². The van der Waals surface area contributed by atoms with Gasteiger partial charge in [-0.15, -0.1) is 0 Å². The van der Waals surface area contributed by atoms with Gasteiger partial charge in [-0.3, -0.25) is 0 Å². The number of hydrogen-bond donors (Lipinski definition) is 0. The molecule has 14 aromatic rings. The van der Waals surface area contributed by atoms with Gasteiger partial charge in [-0.2, -0.15) is 0 Å². The lowest BCUT2D eigenvalue weighted by atomic mass is 9.34. The molecule has 81 heavy (non-hydrogen) atoms. The first-order valence-corrected chi connectivity index (χ1v) is 28.5. The monoisotopic (exact) mass is 1040 g/mol. The number of rotatable bonds is 6. The van der Waals surface area contributed by atoms with Crippen molar-refractivity contribution < 1.29 is 0 Å². The smallest absolute Gasteiger partial charge is 0.252 e. The van der Waals surface area contributed by atoms with Gasteiger partial charge in [0.1, 0.15) is 0 Å². The van der Waals surface area contributed by atoms with Gasteiger partial charge in [-0.05, 0) is 150 Å². The molecular formula is C76H57BN4. The third-order valence-corrected chi connectivity index (χ3v) is 17.5. The fourth-order valence-electron chi connectivity index (χ4n) is 13.5. The van der Waals surface area contributed by atoms with E-state index in [4.69, 9.17) is 9.97 Å². The van der Waals surface area contributed by atoms with Gasteiger partial charge >= 0.3 is 0 Å². The number of hydrogen-bond acceptors (Lipinski definition) is 2. The van der Waals surface area contributed by atoms with Crippen molar-refractivity contribution in [2.45, 2.75) is 52.4 Å². The highest BCUT2D eigenvalue weighted by Gasteiger charge is 2.42. The molecule has 0 saturated carbocycles. The maximum absolute atomic E-state index is 5.79. The van der Waals surface area contributed by atoms with E-state index < -0.39 is 0 Å². The summed E-state index contributed by atoms with van der Waals surface area (Å²) in [6.07, 6.45) is 0. The zero-order valence-electron chi connectivity index (χ0n) is 46.4. The highest BCUT2D eigenvalue weighted by atomic mass is 15.0. The van der Waals surface area contributed by atoms with E-state index in [9.17, 15) is 0 Å². The maximum Gasteiger partial charge on any atom is 0.252 e. The molecule has 2 aliphatic heterocycles. The van der Waals surface area contributed by atoms with Crippen LogP contribution in [0.2, 0.25) is 0 Å². The van der Waals surface area contributed by atoms with Crippen LogP contribution in [0.5, 0.6) is 0 Å². The van der Waals surface area contributed by atoms with Gasteiger partial charge < -0.3 is 9.13 Å². The fourth-order valence-corrected chi connectivity index (χ4v) is 13.5. The molecule has 3 aromatic heterocycles. The summed E-state index contributed by atoms with van der Waals surface area (Å²) in [7, 11) is 0. The van der Waals surface area contributed by atoms with Gasteiger partial charge in [0.2, 0.25) is 0 Å². The predicted octanol–water partition coefficient (Wildman–Crippen LogP) is 17.6. The summed E-state index contributed by atoms with van der Waals surface area (Å²) in [6, 6.07) is 88.4. The van der Waals surface area contributed by atoms with Gasteiger partial charge in [-0.1, -0.05) is 211 Å². The van der Waals surface area contributed by atoms with E-state index in [0.29, 0.717) is 0 Å². The average molecular weight is 1040 g/mol. The average Bonchev–Trinajstić information content (AvgIpc) is 1.92. The largest absolute Gasteiger partial charge is 0.310 e. The molecule has 11 aromatic carbocycles. The van der Waals surface area contributed by atoms with Crippen molar-refractivity contribution in [2.24, 2.45) is 0 Å². The van der Waals surface area contributed by atoms with Crippen molar-refractivity contribution in [1.29, 1.82) is 0 Å². The predicted molar refractivity (Wildman–Crippen MR) is 343 cm³/mol. The third-order valence-electron chi connectivity index (χ3n) is 17.5. The van der Waals surface area contributed by atoms with E-state index in [1.807, 2.05) is 0 Å². The molecule has 0 bridgehead atoms. The zero-order valence-corrected chi connectivity index (χ0v) is 46.4. The minimum absolute atomic E-state index is 0.0802. The van der Waals surface area contributed by atoms with Crippen LogP contribution in [-0.4, -0.2) is 25.8 Å². The summed E-state index contributed by atoms with van der Waals surface area (Å²) >= 11 is 0. The lowest BCUT2D eigenvalue weighted by molar-refractivity contribution is 0.569. The van der Waals surface area contributed by atoms with Crippen LogP contribution in [0.25, 0.3) is 133 Å². The molecule has 0 amide bonds. The summed E-state index contributed by atoms with van der Waals surface area (Å²) < 4.78 is 5.22. The molecule has 0 fully saturated rings. The summed E-state index contributed by atoms with van der Waals surface area (Å²) in [5.41, 5.74) is 27.0. The van der Waals surface area contributed by atoms with Crippen molar-refractivity contribution in [3.63, 3.8) is 0 Å². The van der Waals surface area contributed by atoms with Crippen LogP contribution >= 0.6 is 0 Å². The summed E-state index contributed by atoms with van der Waals surface area (Å²) in [6.45, 7) is 13.7. The highest BCUT2D eigenvalue weighted by molar-refractivity contribution is 7.00. The topological polar surface area (TPSA) is 35.6 Å². The maximum atomic E-state index is 5.79. The van der Waals surface area contributed by atoms with Crippen LogP contribution in [0, 0.1) is 0 Å². The minimum atomic E-state index is -0.120. The third kappa shape index (κ3) is 7.38. The first kappa shape index (κ1) is 47.4. The molecule has 4 nitrogen and oxygen atoms in total. The van der Waals surface area contributed by atoms with Crippen molar-refractivity contribution in [2.75, 3.05) is 0 Å². The number of nitrogens with zero attached hydrogens (tertiary/aromatic N) is 4. The van der Waals surface area contributed by atoms with Gasteiger partial charge in [-0.25, -0.2) is 9.97 Å². The Bertz CT molecular complexity index is 4660. The second-order valence-corrected chi connectivity index (χ2v) is 24.6. The highest BCUT2D eigenvalue weighted by Crippen LogP contribution is 2.45. The molecule has 16 rings (SSSR count). The van der Waals surface area contributed by atoms with Crippen molar-refractivity contribution in [1.82, 2.24) is 19.1 Å². The van der Waals surface area contributed by atoms with Crippen LogP contribution in [0.3, 0.4) is 0 Å². The van der Waals surface area contributed by atoms with Crippen molar-refractivity contribution in [3.05, 3.63) is 248 Å². The molecular weight excluding hydrogens is 980 g/mol. The van der Waals surface area contributed by atoms with E-state index in [1.165, 1.54) is 127 Å². The van der Waals surface area contributed by atoms with Crippen LogP contribution < -0.4 is 16.4 Å². The van der Waals surface area contributed by atoms with Gasteiger partial charge in [0.15, 0.2) is 5.82 Å². The van der Waals surface area contributed by atoms with Crippen molar-refractivity contribution >= 4 is 77.6 Å². The van der Waals surface area contributed by atoms with E-state index in [1.54, 1.807) is 0 Å². The Labute approximate surface area is 472 Å². The Morgan fingerprint density at radius 1 is 0.321 bits per heavy atom. The minimum Gasteiger partial charge on any atom is -0.310 e. The molecule has 0 N–H and O–H groups in total. The van der Waals surface area contributed by atoms with Gasteiger partial charge in [0.05, 0.1) is 22.2 Å². The molecule has 5 heteroatoms. The van der Waals surface area contributed by atoms with Gasteiger partial charge in [0.25, 0.3) is 6.71 Å². The lowest BCUT2D eigenvalue weighted by Crippen LogP contribution is -2.59. The molecule has 384 valence electrons. The molecule has 0 radical (unpaired) electrons. The summed E-state index contributed by atoms with van der Waals surface area (Å²) in [5, 5.41) is 5.97. The Balaban J connectivity index is 1.07. The van der Waals surface area contributed by atoms with Crippen LogP contribution in [0.4, 0.5) is 0 Å². The second kappa shape index (κ2) is 17.5. The lowest BCUT2D eigenvalue weighted by Gasteiger charge is -2.34. The first-order chi connectivity index (χ1) is 39.4. The summed E-state index contributed by atoms with van der Waals surface area (Å²) in [5.74, 6) is 0.728. The van der Waals surface area contributed by atoms with E-state index in [0.717, 1.165) is 33.5 Å². The standard InChI is InChI=1S/C76H57BN4/c1-75(2,3)56-35-55(36-57(45-56)76(4,5)6)74-78-65-30-20-19-29-58(65)71(79-74)54-43-68-70-69(44-54)81-67-34-32-51(47-23-13-8-14-24-47)38-60(67)62-40-53(49-27-17-10-18-28-49)42-64(73(62)81)77(70)63-41-52(48-25-15-9-16-26-48)39-61-59-37-50(46-21-11-7-12-22-46)31-33-66(59)80(68)72(61)63/h7-45H,1-6H3. The van der Waals surface area contributed by atoms with Gasteiger partial charge in [0, 0.05) is 60.5 Å². The SMILES string of the molecule is CC(C)(C)c1cc(-c2nc(-c3cc4c5c(c3)-n3c6ccc(-c7ccccc7)cc6c6cc(-c7ccccc7)cc(c63)B5c3cc(-c5ccccc5)cc5c6cc(-c7ccccc7)ccc6n-4c35)c3ccccc3n2)cc(C(C)(C)C)c1. The van der Waals surface area contributed by atoms with Crippen LogP contribution in [0.1, 0.15) is 52.7 Å². The molecule has 0 aliphatic carbocycles. The Kier molecular flexibility index (Phi) is 10.2. The Morgan fingerprint density at radius 3 is 1.20 bits per heavy atom. The first-order valence-electron chi connectivity index (χ1n) is 28.5. The van der Waals surface area contributed by atoms with E-state index >= 15 is 0 Å². The number of benzene rings is 11. The van der Waals surface area contributed by atoms with E-state index in [2.05, 4.69) is 287 Å². The zero-order chi connectivity index (χ0) is 54.5. The molecule has 0 saturated heterocycles.